The fourth-order valence-corrected chi connectivity index (χ4v) is 5.64. The second kappa shape index (κ2) is 7.42. The summed E-state index contributed by atoms with van der Waals surface area (Å²) in [6.07, 6.45) is 16.1. The summed E-state index contributed by atoms with van der Waals surface area (Å²) in [5.41, 5.74) is 0. The van der Waals surface area contributed by atoms with Crippen LogP contribution in [0, 0.1) is 0 Å². The number of alkyl halides is 1. The third-order valence-electron chi connectivity index (χ3n) is 1.86. The molecule has 0 spiro atoms. The van der Waals surface area contributed by atoms with Gasteiger partial charge in [0.05, 0.1) is 0 Å². The maximum Gasteiger partial charge on any atom is 0.0195 e. The number of allylic oxidation sites excluding steroid dienone is 8. The Bertz CT molecular complexity index is 257. The summed E-state index contributed by atoms with van der Waals surface area (Å²) >= 11 is 4.47. The predicted molar refractivity (Wildman–Crippen MR) is 60.1 cm³/mol. The molecule has 14 heavy (non-hydrogen) atoms. The molecule has 2 rings (SSSR count). The first-order valence-corrected chi connectivity index (χ1v) is 9.04. The smallest absolute Gasteiger partial charge is 0.0195 e. The zero-order valence-corrected chi connectivity index (χ0v) is 12.8. The van der Waals surface area contributed by atoms with Crippen LogP contribution in [-0.4, -0.2) is 5.88 Å². The van der Waals surface area contributed by atoms with Crippen molar-refractivity contribution in [2.24, 2.45) is 0 Å². The van der Waals surface area contributed by atoms with Crippen molar-refractivity contribution in [1.29, 1.82) is 0 Å². The van der Waals surface area contributed by atoms with Gasteiger partial charge >= 0.3 is 78.9 Å². The first-order chi connectivity index (χ1) is 6.86. The quantitative estimate of drug-likeness (QED) is 0.507. The summed E-state index contributed by atoms with van der Waals surface area (Å²) in [6, 6.07) is 0. The van der Waals surface area contributed by atoms with E-state index in [1.807, 2.05) is 6.92 Å². The van der Waals surface area contributed by atoms with Gasteiger partial charge in [-0.1, -0.05) is 6.92 Å². The maximum absolute atomic E-state index is 5.00. The average Bonchev–Trinajstić information content (AvgIpc) is 2.79. The van der Waals surface area contributed by atoms with E-state index in [1.165, 1.54) is 12.8 Å². The Kier molecular flexibility index (Phi) is 6.46. The molecule has 0 aromatic carbocycles. The van der Waals surface area contributed by atoms with E-state index in [2.05, 4.69) is 36.5 Å². The molecule has 0 radical (unpaired) electrons. The van der Waals surface area contributed by atoms with Gasteiger partial charge in [0.1, 0.15) is 0 Å². The van der Waals surface area contributed by atoms with Gasteiger partial charge in [0.2, 0.25) is 0 Å². The molecule has 2 aliphatic carbocycles. The van der Waals surface area contributed by atoms with Crippen LogP contribution < -0.4 is 0 Å². The molecule has 0 saturated carbocycles. The van der Waals surface area contributed by atoms with Crippen molar-refractivity contribution >= 4 is 11.6 Å². The van der Waals surface area contributed by atoms with Gasteiger partial charge in [-0.25, -0.2) is 0 Å². The maximum atomic E-state index is 5.00. The SMILES string of the molecule is C1=CC[C]([Hf][C]2=CC=CC2)=C1.CCCl. The fraction of sp³-hybridized carbons (Fsp3) is 0.333. The summed E-state index contributed by atoms with van der Waals surface area (Å²) in [7, 11) is 0. The molecule has 0 aromatic heterocycles. The van der Waals surface area contributed by atoms with Crippen molar-refractivity contribution in [3.05, 3.63) is 43.1 Å². The Balaban J connectivity index is 0.000000293. The van der Waals surface area contributed by atoms with E-state index < -0.39 is 22.9 Å². The van der Waals surface area contributed by atoms with Crippen LogP contribution in [0.15, 0.2) is 43.1 Å². The van der Waals surface area contributed by atoms with Crippen molar-refractivity contribution in [3.63, 3.8) is 0 Å². The van der Waals surface area contributed by atoms with E-state index in [0.29, 0.717) is 0 Å². The van der Waals surface area contributed by atoms with E-state index >= 15 is 0 Å². The summed E-state index contributed by atoms with van der Waals surface area (Å²) < 4.78 is 3.50. The van der Waals surface area contributed by atoms with Gasteiger partial charge in [0.15, 0.2) is 0 Å². The van der Waals surface area contributed by atoms with Crippen molar-refractivity contribution in [2.75, 3.05) is 5.88 Å². The molecule has 2 heteroatoms. The number of hydrogen-bond donors (Lipinski definition) is 0. The van der Waals surface area contributed by atoms with Crippen LogP contribution in [0.1, 0.15) is 19.8 Å². The molecule has 0 saturated heterocycles. The summed E-state index contributed by atoms with van der Waals surface area (Å²) in [4.78, 5) is 0. The number of hydrogen-bond acceptors (Lipinski definition) is 0. The average molecular weight is 373 g/mol. The Morgan fingerprint density at radius 2 is 1.57 bits per heavy atom. The van der Waals surface area contributed by atoms with E-state index in [0.717, 1.165) is 5.88 Å². The van der Waals surface area contributed by atoms with Gasteiger partial charge in [0, 0.05) is 5.88 Å². The number of rotatable bonds is 2. The Morgan fingerprint density at radius 1 is 1.14 bits per heavy atom. The monoisotopic (exact) mass is 374 g/mol. The van der Waals surface area contributed by atoms with Gasteiger partial charge in [-0.2, -0.15) is 0 Å². The standard InChI is InChI=1S/2C5H5.C2H5Cl.Hf/c2*1-2-4-5-3-1;1-2-3;/h2*1-3H,4H2;2H2,1H3;. The van der Waals surface area contributed by atoms with Gasteiger partial charge in [-0.15, -0.1) is 11.6 Å². The second-order valence-corrected chi connectivity index (χ2v) is 9.09. The molecule has 0 amide bonds. The molecular formula is C12H15ClHf. The molecule has 0 fully saturated rings. The van der Waals surface area contributed by atoms with Crippen LogP contribution in [0.4, 0.5) is 0 Å². The molecule has 0 unspecified atom stereocenters. The molecular weight excluding hydrogens is 358 g/mol. The van der Waals surface area contributed by atoms with Crippen LogP contribution in [0.3, 0.4) is 0 Å². The van der Waals surface area contributed by atoms with Gasteiger partial charge in [-0.05, 0) is 0 Å². The largest absolute Gasteiger partial charge is 0.127 e. The number of halogens is 1. The Hall–Kier alpha value is 0.120. The van der Waals surface area contributed by atoms with Crippen molar-refractivity contribution in [1.82, 2.24) is 0 Å². The minimum Gasteiger partial charge on any atom is -0.127 e. The van der Waals surface area contributed by atoms with Crippen molar-refractivity contribution in [2.45, 2.75) is 19.8 Å². The molecule has 0 N–H and O–H groups in total. The topological polar surface area (TPSA) is 0 Å². The van der Waals surface area contributed by atoms with Crippen LogP contribution in [0.5, 0.6) is 0 Å². The zero-order valence-electron chi connectivity index (χ0n) is 8.46. The van der Waals surface area contributed by atoms with Crippen LogP contribution in [-0.2, 0) is 22.9 Å². The fourth-order valence-electron chi connectivity index (χ4n) is 1.29. The van der Waals surface area contributed by atoms with Gasteiger partial charge < -0.3 is 0 Å². The molecule has 74 valence electrons. The summed E-state index contributed by atoms with van der Waals surface area (Å²) in [6.45, 7) is 1.89. The minimum atomic E-state index is -0.526. The molecule has 0 aromatic rings. The molecule has 0 atom stereocenters. The van der Waals surface area contributed by atoms with E-state index in [-0.39, 0.29) is 0 Å². The third-order valence-corrected chi connectivity index (χ3v) is 6.84. The van der Waals surface area contributed by atoms with Crippen LogP contribution in [0.25, 0.3) is 0 Å². The van der Waals surface area contributed by atoms with Crippen molar-refractivity contribution < 1.29 is 22.9 Å². The van der Waals surface area contributed by atoms with Gasteiger partial charge in [0.25, 0.3) is 0 Å². The zero-order chi connectivity index (χ0) is 10.2. The third kappa shape index (κ3) is 4.56. The minimum absolute atomic E-state index is 0.526. The van der Waals surface area contributed by atoms with E-state index in [4.69, 9.17) is 11.6 Å². The first kappa shape index (κ1) is 12.2. The summed E-state index contributed by atoms with van der Waals surface area (Å²) in [5, 5.41) is 0. The summed E-state index contributed by atoms with van der Waals surface area (Å²) in [5.74, 6) is 0.722. The normalized spacial score (nSPS) is 17.3. The van der Waals surface area contributed by atoms with Crippen LogP contribution in [0.2, 0.25) is 0 Å². The van der Waals surface area contributed by atoms with Crippen LogP contribution >= 0.6 is 11.6 Å². The van der Waals surface area contributed by atoms with E-state index in [9.17, 15) is 0 Å². The molecule has 2 aliphatic rings. The molecule has 0 aliphatic heterocycles. The van der Waals surface area contributed by atoms with E-state index in [1.54, 1.807) is 6.66 Å². The van der Waals surface area contributed by atoms with Crippen molar-refractivity contribution in [3.8, 4) is 0 Å². The Morgan fingerprint density at radius 3 is 1.86 bits per heavy atom. The molecule has 0 heterocycles. The predicted octanol–water partition coefficient (Wildman–Crippen LogP) is 4.00. The second-order valence-electron chi connectivity index (χ2n) is 3.04. The molecule has 0 nitrogen and oxygen atoms in total. The first-order valence-electron chi connectivity index (χ1n) is 4.91. The van der Waals surface area contributed by atoms with Gasteiger partial charge in [-0.3, -0.25) is 0 Å². The molecule has 0 bridgehead atoms. The Labute approximate surface area is 103 Å².